The average molecular weight is 255 g/mol. The van der Waals surface area contributed by atoms with Crippen molar-refractivity contribution in [1.82, 2.24) is 15.3 Å². The Kier molecular flexibility index (Phi) is 5.37. The fourth-order valence-electron chi connectivity index (χ4n) is 1.18. The molecule has 1 unspecified atom stereocenters. The fourth-order valence-corrected chi connectivity index (χ4v) is 1.81. The van der Waals surface area contributed by atoms with Gasteiger partial charge in [-0.3, -0.25) is 4.79 Å². The van der Waals surface area contributed by atoms with Gasteiger partial charge in [0.1, 0.15) is 5.69 Å². The minimum absolute atomic E-state index is 0.220. The van der Waals surface area contributed by atoms with Gasteiger partial charge in [0.05, 0.1) is 6.10 Å². The summed E-state index contributed by atoms with van der Waals surface area (Å²) in [5.41, 5.74) is 1.10. The summed E-state index contributed by atoms with van der Waals surface area (Å²) in [4.78, 5) is 20.1. The zero-order valence-electron chi connectivity index (χ0n) is 10.2. The van der Waals surface area contributed by atoms with Crippen LogP contribution in [0.15, 0.2) is 11.2 Å². The number of amides is 1. The van der Waals surface area contributed by atoms with E-state index in [0.717, 1.165) is 11.4 Å². The minimum Gasteiger partial charge on any atom is -0.392 e. The first-order valence-electron chi connectivity index (χ1n) is 5.47. The zero-order valence-corrected chi connectivity index (χ0v) is 11.0. The summed E-state index contributed by atoms with van der Waals surface area (Å²) >= 11 is 1.49. The summed E-state index contributed by atoms with van der Waals surface area (Å²) in [6.07, 6.45) is -0.564. The number of nitrogens with one attached hydrogen (secondary N) is 1. The quantitative estimate of drug-likeness (QED) is 0.606. The Bertz CT molecular complexity index is 396. The molecule has 1 heterocycles. The second-order valence-corrected chi connectivity index (χ2v) is 4.90. The molecule has 1 rings (SSSR count). The van der Waals surface area contributed by atoms with Crippen LogP contribution in [-0.4, -0.2) is 39.4 Å². The highest BCUT2D eigenvalue weighted by atomic mass is 32.2. The molecule has 0 aliphatic rings. The molecule has 1 aromatic rings. The molecule has 94 valence electrons. The smallest absolute Gasteiger partial charge is 0.270 e. The first kappa shape index (κ1) is 13.9. The molecule has 6 heteroatoms. The molecular weight excluding hydrogens is 238 g/mol. The van der Waals surface area contributed by atoms with Gasteiger partial charge >= 0.3 is 0 Å². The lowest BCUT2D eigenvalue weighted by Crippen LogP contribution is -2.31. The summed E-state index contributed by atoms with van der Waals surface area (Å²) in [7, 11) is 0. The minimum atomic E-state index is -0.564. The molecule has 17 heavy (non-hydrogen) atoms. The summed E-state index contributed by atoms with van der Waals surface area (Å²) in [5, 5.41) is 12.3. The van der Waals surface area contributed by atoms with Gasteiger partial charge in [-0.25, -0.2) is 9.97 Å². The molecule has 0 aliphatic heterocycles. The van der Waals surface area contributed by atoms with E-state index >= 15 is 0 Å². The van der Waals surface area contributed by atoms with Crippen molar-refractivity contribution in [3.05, 3.63) is 17.5 Å². The van der Waals surface area contributed by atoms with E-state index in [0.29, 0.717) is 10.9 Å². The highest BCUT2D eigenvalue weighted by Crippen LogP contribution is 2.13. The number of hydrogen-bond donors (Lipinski definition) is 2. The van der Waals surface area contributed by atoms with Gasteiger partial charge < -0.3 is 10.4 Å². The van der Waals surface area contributed by atoms with Gasteiger partial charge in [-0.05, 0) is 25.7 Å². The third-order valence-corrected chi connectivity index (χ3v) is 2.63. The average Bonchev–Trinajstić information content (AvgIpc) is 2.25. The third-order valence-electron chi connectivity index (χ3n) is 1.90. The van der Waals surface area contributed by atoms with Crippen LogP contribution in [0.3, 0.4) is 0 Å². The molecule has 0 spiro atoms. The van der Waals surface area contributed by atoms with E-state index in [9.17, 15) is 4.79 Å². The van der Waals surface area contributed by atoms with Crippen molar-refractivity contribution in [3.8, 4) is 0 Å². The van der Waals surface area contributed by atoms with Gasteiger partial charge in [-0.15, -0.1) is 0 Å². The standard InChI is InChI=1S/C11H17N3O2S/c1-4-17-11-13-7(2)5-9(14-11)10(16)12-6-8(3)15/h5,8,15H,4,6H2,1-3H3,(H,12,16). The molecule has 1 atom stereocenters. The normalized spacial score (nSPS) is 12.2. The van der Waals surface area contributed by atoms with Crippen molar-refractivity contribution in [2.24, 2.45) is 0 Å². The van der Waals surface area contributed by atoms with E-state index in [1.54, 1.807) is 13.0 Å². The Morgan fingerprint density at radius 2 is 2.29 bits per heavy atom. The maximum absolute atomic E-state index is 11.7. The Morgan fingerprint density at radius 3 is 2.88 bits per heavy atom. The van der Waals surface area contributed by atoms with Crippen LogP contribution in [0.5, 0.6) is 0 Å². The SMILES string of the molecule is CCSc1nc(C)cc(C(=O)NCC(C)O)n1. The molecule has 5 nitrogen and oxygen atoms in total. The number of aryl methyl sites for hydroxylation is 1. The Hall–Kier alpha value is -1.14. The summed E-state index contributed by atoms with van der Waals surface area (Å²) in [6, 6.07) is 1.64. The number of carbonyl (C=O) groups is 1. The van der Waals surface area contributed by atoms with Crippen molar-refractivity contribution < 1.29 is 9.90 Å². The van der Waals surface area contributed by atoms with Crippen molar-refractivity contribution >= 4 is 17.7 Å². The number of aliphatic hydroxyl groups excluding tert-OH is 1. The maximum atomic E-state index is 11.7. The number of aliphatic hydroxyl groups is 1. The largest absolute Gasteiger partial charge is 0.392 e. The summed E-state index contributed by atoms with van der Waals surface area (Å²) < 4.78 is 0. The molecule has 0 bridgehead atoms. The Morgan fingerprint density at radius 1 is 1.59 bits per heavy atom. The zero-order chi connectivity index (χ0) is 12.8. The molecule has 0 saturated heterocycles. The van der Waals surface area contributed by atoms with Gasteiger partial charge in [0.2, 0.25) is 0 Å². The lowest BCUT2D eigenvalue weighted by molar-refractivity contribution is 0.0918. The predicted octanol–water partition coefficient (Wildman–Crippen LogP) is 1.01. The molecule has 1 amide bonds. The van der Waals surface area contributed by atoms with E-state index in [4.69, 9.17) is 5.11 Å². The third kappa shape index (κ3) is 4.70. The van der Waals surface area contributed by atoms with E-state index in [-0.39, 0.29) is 12.5 Å². The second kappa shape index (κ2) is 6.56. The number of rotatable bonds is 5. The van der Waals surface area contributed by atoms with E-state index < -0.39 is 6.10 Å². The number of nitrogens with zero attached hydrogens (tertiary/aromatic N) is 2. The molecule has 0 saturated carbocycles. The highest BCUT2D eigenvalue weighted by Gasteiger charge is 2.10. The lowest BCUT2D eigenvalue weighted by Gasteiger charge is -2.08. The van der Waals surface area contributed by atoms with Crippen molar-refractivity contribution in [3.63, 3.8) is 0 Å². The highest BCUT2D eigenvalue weighted by molar-refractivity contribution is 7.99. The molecule has 0 radical (unpaired) electrons. The Balaban J connectivity index is 2.78. The molecule has 0 aliphatic carbocycles. The maximum Gasteiger partial charge on any atom is 0.270 e. The van der Waals surface area contributed by atoms with Crippen LogP contribution < -0.4 is 5.32 Å². The first-order chi connectivity index (χ1) is 8.02. The molecule has 1 aromatic heterocycles. The number of aromatic nitrogens is 2. The van der Waals surface area contributed by atoms with E-state index in [2.05, 4.69) is 15.3 Å². The number of hydrogen-bond acceptors (Lipinski definition) is 5. The van der Waals surface area contributed by atoms with Crippen LogP contribution in [0, 0.1) is 6.92 Å². The summed E-state index contributed by atoms with van der Waals surface area (Å²) in [5.74, 6) is 0.576. The van der Waals surface area contributed by atoms with Gasteiger partial charge in [-0.1, -0.05) is 18.7 Å². The Labute approximate surface area is 105 Å². The van der Waals surface area contributed by atoms with Crippen LogP contribution in [0.1, 0.15) is 30.0 Å². The van der Waals surface area contributed by atoms with Crippen molar-refractivity contribution in [1.29, 1.82) is 0 Å². The first-order valence-corrected chi connectivity index (χ1v) is 6.46. The van der Waals surface area contributed by atoms with Gasteiger partial charge in [0, 0.05) is 12.2 Å². The molecule has 2 N–H and O–H groups in total. The van der Waals surface area contributed by atoms with Crippen LogP contribution in [0.25, 0.3) is 0 Å². The molecule has 0 aromatic carbocycles. The van der Waals surface area contributed by atoms with Crippen molar-refractivity contribution in [2.75, 3.05) is 12.3 Å². The summed E-state index contributed by atoms with van der Waals surface area (Å²) in [6.45, 7) is 5.67. The predicted molar refractivity (Wildman–Crippen MR) is 67.2 cm³/mol. The number of carbonyl (C=O) groups excluding carboxylic acids is 1. The van der Waals surface area contributed by atoms with Crippen LogP contribution in [0.2, 0.25) is 0 Å². The topological polar surface area (TPSA) is 75.1 Å². The van der Waals surface area contributed by atoms with Crippen LogP contribution in [-0.2, 0) is 0 Å². The van der Waals surface area contributed by atoms with Crippen LogP contribution >= 0.6 is 11.8 Å². The molecular formula is C11H17N3O2S. The lowest BCUT2D eigenvalue weighted by atomic mass is 10.3. The van der Waals surface area contributed by atoms with Crippen molar-refractivity contribution in [2.45, 2.75) is 32.0 Å². The number of thioether (sulfide) groups is 1. The van der Waals surface area contributed by atoms with Crippen LogP contribution in [0.4, 0.5) is 0 Å². The van der Waals surface area contributed by atoms with Gasteiger partial charge in [0.25, 0.3) is 5.91 Å². The monoisotopic (exact) mass is 255 g/mol. The molecule has 0 fully saturated rings. The van der Waals surface area contributed by atoms with Gasteiger partial charge in [-0.2, -0.15) is 0 Å². The van der Waals surface area contributed by atoms with Gasteiger partial charge in [0.15, 0.2) is 5.16 Å². The van der Waals surface area contributed by atoms with E-state index in [1.807, 2.05) is 13.8 Å². The van der Waals surface area contributed by atoms with E-state index in [1.165, 1.54) is 11.8 Å². The fraction of sp³-hybridized carbons (Fsp3) is 0.545. The second-order valence-electron chi connectivity index (χ2n) is 3.67.